The standard InChI is InChI=1S/C13H18N2O3/c16-11-7-3-1-2-6-10(11)15-12-9(13(17)18)5-4-8-14-12/h4-5,8,10-11,16H,1-3,6-7H2,(H,14,15)(H,17,18). The molecule has 2 unspecified atom stereocenters. The van der Waals surface area contributed by atoms with Gasteiger partial charge in [0.2, 0.25) is 0 Å². The van der Waals surface area contributed by atoms with E-state index in [4.69, 9.17) is 5.11 Å². The van der Waals surface area contributed by atoms with Gasteiger partial charge in [-0.1, -0.05) is 19.3 Å². The molecule has 1 heterocycles. The number of aliphatic hydroxyl groups excluding tert-OH is 1. The first kappa shape index (κ1) is 12.8. The van der Waals surface area contributed by atoms with Crippen LogP contribution in [-0.2, 0) is 0 Å². The Bertz CT molecular complexity index is 422. The number of nitrogens with zero attached hydrogens (tertiary/aromatic N) is 1. The normalized spacial score (nSPS) is 24.3. The first-order valence-electron chi connectivity index (χ1n) is 6.31. The summed E-state index contributed by atoms with van der Waals surface area (Å²) in [6.07, 6.45) is 5.90. The van der Waals surface area contributed by atoms with E-state index in [1.54, 1.807) is 12.3 Å². The molecular weight excluding hydrogens is 232 g/mol. The average molecular weight is 250 g/mol. The van der Waals surface area contributed by atoms with Crippen LogP contribution in [0.3, 0.4) is 0 Å². The lowest BCUT2D eigenvalue weighted by molar-refractivity contribution is 0.0697. The van der Waals surface area contributed by atoms with Crippen LogP contribution >= 0.6 is 0 Å². The van der Waals surface area contributed by atoms with Crippen LogP contribution in [-0.4, -0.2) is 33.3 Å². The SMILES string of the molecule is O=C(O)c1cccnc1NC1CCCCCC1O. The van der Waals surface area contributed by atoms with Gasteiger partial charge in [0.05, 0.1) is 12.1 Å². The second-order valence-corrected chi connectivity index (χ2v) is 4.66. The maximum atomic E-state index is 11.1. The van der Waals surface area contributed by atoms with E-state index in [0.717, 1.165) is 32.1 Å². The number of pyridine rings is 1. The molecule has 2 rings (SSSR count). The predicted molar refractivity (Wildman–Crippen MR) is 67.7 cm³/mol. The molecule has 1 aliphatic carbocycles. The Morgan fingerprint density at radius 1 is 1.33 bits per heavy atom. The fourth-order valence-electron chi connectivity index (χ4n) is 2.32. The van der Waals surface area contributed by atoms with Crippen molar-refractivity contribution in [2.45, 2.75) is 44.2 Å². The summed E-state index contributed by atoms with van der Waals surface area (Å²) < 4.78 is 0. The lowest BCUT2D eigenvalue weighted by Gasteiger charge is -2.22. The van der Waals surface area contributed by atoms with E-state index in [0.29, 0.717) is 5.82 Å². The number of hydrogen-bond donors (Lipinski definition) is 3. The molecule has 0 aliphatic heterocycles. The summed E-state index contributed by atoms with van der Waals surface area (Å²) >= 11 is 0. The zero-order valence-electron chi connectivity index (χ0n) is 10.2. The maximum Gasteiger partial charge on any atom is 0.339 e. The molecule has 1 aromatic rings. The van der Waals surface area contributed by atoms with Gasteiger partial charge in [-0.05, 0) is 25.0 Å². The average Bonchev–Trinajstić information content (AvgIpc) is 2.55. The fourth-order valence-corrected chi connectivity index (χ4v) is 2.32. The largest absolute Gasteiger partial charge is 0.478 e. The van der Waals surface area contributed by atoms with Gasteiger partial charge in [0.1, 0.15) is 11.4 Å². The summed E-state index contributed by atoms with van der Waals surface area (Å²) in [7, 11) is 0. The third-order valence-electron chi connectivity index (χ3n) is 3.34. The highest BCUT2D eigenvalue weighted by atomic mass is 16.4. The summed E-state index contributed by atoms with van der Waals surface area (Å²) in [5.74, 6) is -0.662. The molecule has 5 heteroatoms. The molecule has 0 bridgehead atoms. The molecule has 0 spiro atoms. The Hall–Kier alpha value is -1.62. The molecule has 18 heavy (non-hydrogen) atoms. The fraction of sp³-hybridized carbons (Fsp3) is 0.538. The van der Waals surface area contributed by atoms with E-state index in [-0.39, 0.29) is 11.6 Å². The van der Waals surface area contributed by atoms with Gasteiger partial charge in [-0.2, -0.15) is 0 Å². The van der Waals surface area contributed by atoms with E-state index in [2.05, 4.69) is 10.3 Å². The lowest BCUT2D eigenvalue weighted by Crippen LogP contribution is -2.33. The van der Waals surface area contributed by atoms with Gasteiger partial charge >= 0.3 is 5.97 Å². The topological polar surface area (TPSA) is 82.5 Å². The van der Waals surface area contributed by atoms with Gasteiger partial charge in [0, 0.05) is 6.20 Å². The Labute approximate surface area is 106 Å². The summed E-state index contributed by atoms with van der Waals surface area (Å²) in [5.41, 5.74) is 0.147. The smallest absolute Gasteiger partial charge is 0.339 e. The van der Waals surface area contributed by atoms with Gasteiger partial charge < -0.3 is 15.5 Å². The zero-order valence-corrected chi connectivity index (χ0v) is 10.2. The molecule has 0 aromatic carbocycles. The van der Waals surface area contributed by atoms with E-state index >= 15 is 0 Å². The van der Waals surface area contributed by atoms with Crippen molar-refractivity contribution >= 4 is 11.8 Å². The lowest BCUT2D eigenvalue weighted by atomic mass is 10.1. The Morgan fingerprint density at radius 2 is 2.11 bits per heavy atom. The van der Waals surface area contributed by atoms with Crippen molar-refractivity contribution in [2.24, 2.45) is 0 Å². The Kier molecular flexibility index (Phi) is 4.15. The number of carboxylic acids is 1. The number of aromatic carboxylic acids is 1. The molecule has 5 nitrogen and oxygen atoms in total. The van der Waals surface area contributed by atoms with E-state index in [1.165, 1.54) is 6.07 Å². The number of hydrogen-bond acceptors (Lipinski definition) is 4. The number of carboxylic acid groups (broad SMARTS) is 1. The maximum absolute atomic E-state index is 11.1. The molecule has 0 radical (unpaired) electrons. The minimum Gasteiger partial charge on any atom is -0.478 e. The number of carbonyl (C=O) groups is 1. The summed E-state index contributed by atoms with van der Waals surface area (Å²) in [6, 6.07) is 3.00. The molecule has 0 saturated heterocycles. The molecule has 1 fully saturated rings. The van der Waals surface area contributed by atoms with Crippen LogP contribution in [0, 0.1) is 0 Å². The minimum atomic E-state index is -1.01. The summed E-state index contributed by atoms with van der Waals surface area (Å²) in [4.78, 5) is 15.1. The second kappa shape index (κ2) is 5.82. The van der Waals surface area contributed by atoms with Crippen LogP contribution in [0.4, 0.5) is 5.82 Å². The molecule has 1 saturated carbocycles. The number of nitrogens with one attached hydrogen (secondary N) is 1. The first-order chi connectivity index (χ1) is 8.68. The van der Waals surface area contributed by atoms with Crippen molar-refractivity contribution in [3.63, 3.8) is 0 Å². The van der Waals surface area contributed by atoms with Crippen LogP contribution in [0.15, 0.2) is 18.3 Å². The number of anilines is 1. The van der Waals surface area contributed by atoms with Crippen molar-refractivity contribution in [1.29, 1.82) is 0 Å². The van der Waals surface area contributed by atoms with Crippen LogP contribution in [0.1, 0.15) is 42.5 Å². The van der Waals surface area contributed by atoms with Crippen LogP contribution < -0.4 is 5.32 Å². The van der Waals surface area contributed by atoms with Gasteiger partial charge in [-0.15, -0.1) is 0 Å². The predicted octanol–water partition coefficient (Wildman–Crippen LogP) is 1.89. The monoisotopic (exact) mass is 250 g/mol. The molecule has 2 atom stereocenters. The van der Waals surface area contributed by atoms with Crippen molar-refractivity contribution in [3.05, 3.63) is 23.9 Å². The highest BCUT2D eigenvalue weighted by molar-refractivity contribution is 5.93. The van der Waals surface area contributed by atoms with Gasteiger partial charge in [-0.25, -0.2) is 9.78 Å². The van der Waals surface area contributed by atoms with Gasteiger partial charge in [0.25, 0.3) is 0 Å². The molecule has 1 aromatic heterocycles. The third-order valence-corrected chi connectivity index (χ3v) is 3.34. The first-order valence-corrected chi connectivity index (χ1v) is 6.31. The van der Waals surface area contributed by atoms with Gasteiger partial charge in [-0.3, -0.25) is 0 Å². The summed E-state index contributed by atoms with van der Waals surface area (Å²) in [6.45, 7) is 0. The van der Waals surface area contributed by atoms with Crippen molar-refractivity contribution in [2.75, 3.05) is 5.32 Å². The van der Waals surface area contributed by atoms with E-state index in [9.17, 15) is 9.90 Å². The van der Waals surface area contributed by atoms with Crippen LogP contribution in [0.2, 0.25) is 0 Å². The number of rotatable bonds is 3. The van der Waals surface area contributed by atoms with E-state index in [1.807, 2.05) is 0 Å². The van der Waals surface area contributed by atoms with Gasteiger partial charge in [0.15, 0.2) is 0 Å². The highest BCUT2D eigenvalue weighted by Gasteiger charge is 2.23. The molecular formula is C13H18N2O3. The van der Waals surface area contributed by atoms with Crippen LogP contribution in [0.5, 0.6) is 0 Å². The van der Waals surface area contributed by atoms with Crippen molar-refractivity contribution < 1.29 is 15.0 Å². The molecule has 98 valence electrons. The van der Waals surface area contributed by atoms with Crippen molar-refractivity contribution in [1.82, 2.24) is 4.98 Å². The number of aliphatic hydroxyl groups is 1. The quantitative estimate of drug-likeness (QED) is 0.713. The zero-order chi connectivity index (χ0) is 13.0. The third kappa shape index (κ3) is 2.98. The van der Waals surface area contributed by atoms with E-state index < -0.39 is 12.1 Å². The molecule has 3 N–H and O–H groups in total. The van der Waals surface area contributed by atoms with Crippen LogP contribution in [0.25, 0.3) is 0 Å². The Balaban J connectivity index is 2.14. The summed E-state index contributed by atoms with van der Waals surface area (Å²) in [5, 5.41) is 22.2. The molecule has 1 aliphatic rings. The Morgan fingerprint density at radius 3 is 2.89 bits per heavy atom. The minimum absolute atomic E-state index is 0.111. The number of aromatic nitrogens is 1. The highest BCUT2D eigenvalue weighted by Crippen LogP contribution is 2.22. The van der Waals surface area contributed by atoms with Crippen molar-refractivity contribution in [3.8, 4) is 0 Å². The molecule has 0 amide bonds. The second-order valence-electron chi connectivity index (χ2n) is 4.66.